The van der Waals surface area contributed by atoms with Gasteiger partial charge in [0.1, 0.15) is 18.4 Å². The van der Waals surface area contributed by atoms with Gasteiger partial charge in [-0.05, 0) is 23.3 Å². The Morgan fingerprint density at radius 2 is 1.68 bits per heavy atom. The molecule has 2 amide bonds. The lowest BCUT2D eigenvalue weighted by Gasteiger charge is -2.17. The Morgan fingerprint density at radius 1 is 1.00 bits per heavy atom. The van der Waals surface area contributed by atoms with Crippen LogP contribution in [0.15, 0.2) is 54.6 Å². The third-order valence-corrected chi connectivity index (χ3v) is 3.67. The molecule has 0 spiro atoms. The highest BCUT2D eigenvalue weighted by molar-refractivity contribution is 5.85. The first-order chi connectivity index (χ1) is 12.1. The van der Waals surface area contributed by atoms with Crippen molar-refractivity contribution in [2.24, 2.45) is 0 Å². The fourth-order valence-electron chi connectivity index (χ4n) is 2.29. The average Bonchev–Trinajstić information content (AvgIpc) is 2.66. The summed E-state index contributed by atoms with van der Waals surface area (Å²) in [6, 6.07) is 16.0. The summed E-state index contributed by atoms with van der Waals surface area (Å²) in [6.45, 7) is 0.148. The van der Waals surface area contributed by atoms with Crippen molar-refractivity contribution in [2.75, 3.05) is 14.2 Å². The maximum atomic E-state index is 12.0. The van der Waals surface area contributed by atoms with E-state index in [1.807, 2.05) is 54.6 Å². The van der Waals surface area contributed by atoms with E-state index in [1.54, 1.807) is 7.11 Å². The van der Waals surface area contributed by atoms with Gasteiger partial charge in [-0.1, -0.05) is 42.5 Å². The molecule has 0 unspecified atom stereocenters. The lowest BCUT2D eigenvalue weighted by atomic mass is 10.1. The van der Waals surface area contributed by atoms with Gasteiger partial charge in [0, 0.05) is 13.5 Å². The highest BCUT2D eigenvalue weighted by Gasteiger charge is 2.21. The maximum absolute atomic E-state index is 12.0. The molecule has 0 heterocycles. The smallest absolute Gasteiger partial charge is 0.408 e. The van der Waals surface area contributed by atoms with Gasteiger partial charge in [0.15, 0.2) is 0 Å². The first-order valence-corrected chi connectivity index (χ1v) is 7.94. The van der Waals surface area contributed by atoms with Crippen molar-refractivity contribution in [1.82, 2.24) is 10.6 Å². The van der Waals surface area contributed by atoms with E-state index >= 15 is 0 Å². The van der Waals surface area contributed by atoms with Crippen LogP contribution in [-0.2, 0) is 22.6 Å². The van der Waals surface area contributed by atoms with Crippen molar-refractivity contribution in [2.45, 2.75) is 19.1 Å². The van der Waals surface area contributed by atoms with Crippen molar-refractivity contribution in [1.29, 1.82) is 0 Å². The summed E-state index contributed by atoms with van der Waals surface area (Å²) in [6.07, 6.45) is -0.282. The molecule has 25 heavy (non-hydrogen) atoms. The topological polar surface area (TPSA) is 76.7 Å². The molecule has 0 aliphatic carbocycles. The molecule has 1 atom stereocenters. The van der Waals surface area contributed by atoms with Crippen LogP contribution >= 0.6 is 0 Å². The molecular formula is C19H22N2O4. The van der Waals surface area contributed by atoms with Gasteiger partial charge in [0.25, 0.3) is 0 Å². The van der Waals surface area contributed by atoms with E-state index in [-0.39, 0.29) is 12.5 Å². The van der Waals surface area contributed by atoms with Crippen LogP contribution in [0.4, 0.5) is 4.79 Å². The zero-order valence-corrected chi connectivity index (χ0v) is 14.3. The molecule has 2 rings (SSSR count). The molecule has 0 saturated heterocycles. The number of hydrogen-bond donors (Lipinski definition) is 2. The summed E-state index contributed by atoms with van der Waals surface area (Å²) in [5.41, 5.74) is 1.78. The molecule has 2 aromatic rings. The number of carbonyl (C=O) groups excluding carboxylic acids is 2. The van der Waals surface area contributed by atoms with Crippen LogP contribution in [0.1, 0.15) is 11.1 Å². The van der Waals surface area contributed by atoms with E-state index in [0.29, 0.717) is 6.42 Å². The normalized spacial score (nSPS) is 11.3. The summed E-state index contributed by atoms with van der Waals surface area (Å²) in [4.78, 5) is 24.0. The fourth-order valence-corrected chi connectivity index (χ4v) is 2.29. The molecule has 6 heteroatoms. The van der Waals surface area contributed by atoms with Gasteiger partial charge in [-0.2, -0.15) is 0 Å². The molecule has 2 N–H and O–H groups in total. The Balaban J connectivity index is 1.94. The number of likely N-dealkylation sites (N-methyl/N-ethyl adjacent to an activating group) is 1. The number of rotatable bonds is 7. The first kappa shape index (κ1) is 18.3. The lowest BCUT2D eigenvalue weighted by Crippen LogP contribution is -2.47. The number of hydrogen-bond acceptors (Lipinski definition) is 4. The van der Waals surface area contributed by atoms with Crippen molar-refractivity contribution in [3.8, 4) is 5.75 Å². The molecule has 0 aliphatic heterocycles. The third-order valence-electron chi connectivity index (χ3n) is 3.67. The number of ether oxygens (including phenoxy) is 2. The molecule has 0 aromatic heterocycles. The van der Waals surface area contributed by atoms with Crippen LogP contribution < -0.4 is 15.4 Å². The van der Waals surface area contributed by atoms with Gasteiger partial charge >= 0.3 is 6.09 Å². The summed E-state index contributed by atoms with van der Waals surface area (Å²) >= 11 is 0. The van der Waals surface area contributed by atoms with Crippen LogP contribution in [0.5, 0.6) is 5.75 Å². The maximum Gasteiger partial charge on any atom is 0.408 e. The van der Waals surface area contributed by atoms with Crippen molar-refractivity contribution in [3.05, 3.63) is 65.7 Å². The van der Waals surface area contributed by atoms with E-state index in [2.05, 4.69) is 10.6 Å². The van der Waals surface area contributed by atoms with Crippen LogP contribution in [0, 0.1) is 0 Å². The molecule has 0 aliphatic rings. The van der Waals surface area contributed by atoms with E-state index < -0.39 is 12.1 Å². The molecule has 0 bridgehead atoms. The lowest BCUT2D eigenvalue weighted by molar-refractivity contribution is -0.122. The summed E-state index contributed by atoms with van der Waals surface area (Å²) in [5.74, 6) is 0.447. The minimum atomic E-state index is -0.721. The quantitative estimate of drug-likeness (QED) is 0.809. The van der Waals surface area contributed by atoms with Crippen molar-refractivity contribution in [3.63, 3.8) is 0 Å². The number of amides is 2. The molecular weight excluding hydrogens is 320 g/mol. The molecule has 2 aromatic carbocycles. The van der Waals surface area contributed by atoms with E-state index in [0.717, 1.165) is 16.9 Å². The van der Waals surface area contributed by atoms with E-state index in [9.17, 15) is 9.59 Å². The zero-order valence-electron chi connectivity index (χ0n) is 14.3. The Bertz CT molecular complexity index is 686. The van der Waals surface area contributed by atoms with Gasteiger partial charge in [-0.15, -0.1) is 0 Å². The van der Waals surface area contributed by atoms with E-state index in [4.69, 9.17) is 9.47 Å². The fraction of sp³-hybridized carbons (Fsp3) is 0.263. The van der Waals surface area contributed by atoms with Gasteiger partial charge < -0.3 is 20.1 Å². The Labute approximate surface area is 147 Å². The van der Waals surface area contributed by atoms with Gasteiger partial charge in [0.05, 0.1) is 7.11 Å². The molecule has 0 fully saturated rings. The second kappa shape index (κ2) is 9.32. The zero-order chi connectivity index (χ0) is 18.1. The highest BCUT2D eigenvalue weighted by atomic mass is 16.5. The Morgan fingerprint density at radius 3 is 2.28 bits per heavy atom. The summed E-state index contributed by atoms with van der Waals surface area (Å²) in [5, 5.41) is 5.16. The number of carbonyl (C=O) groups is 2. The predicted octanol–water partition coefficient (Wildman–Crippen LogP) is 2.28. The van der Waals surface area contributed by atoms with Crippen molar-refractivity contribution >= 4 is 12.0 Å². The Kier molecular flexibility index (Phi) is 6.83. The standard InChI is InChI=1S/C19H22N2O4/c1-20-18(22)17(12-14-8-10-16(24-2)11-9-14)21-19(23)25-13-15-6-4-3-5-7-15/h3-11,17H,12-13H2,1-2H3,(H,20,22)(H,21,23)/t17-/m0/s1. The molecule has 0 saturated carbocycles. The first-order valence-electron chi connectivity index (χ1n) is 7.94. The molecule has 6 nitrogen and oxygen atoms in total. The summed E-state index contributed by atoms with van der Waals surface area (Å²) in [7, 11) is 3.12. The third kappa shape index (κ3) is 5.84. The Hall–Kier alpha value is -3.02. The van der Waals surface area contributed by atoms with Crippen molar-refractivity contribution < 1.29 is 19.1 Å². The number of nitrogens with one attached hydrogen (secondary N) is 2. The second-order valence-corrected chi connectivity index (χ2v) is 5.43. The largest absolute Gasteiger partial charge is 0.497 e. The average molecular weight is 342 g/mol. The SMILES string of the molecule is CNC(=O)[C@H](Cc1ccc(OC)cc1)NC(=O)OCc1ccccc1. The molecule has 0 radical (unpaired) electrons. The minimum absolute atomic E-state index is 0.148. The second-order valence-electron chi connectivity index (χ2n) is 5.43. The number of benzene rings is 2. The van der Waals surface area contributed by atoms with Crippen LogP contribution in [-0.4, -0.2) is 32.2 Å². The monoisotopic (exact) mass is 342 g/mol. The summed E-state index contributed by atoms with van der Waals surface area (Å²) < 4.78 is 10.3. The van der Waals surface area contributed by atoms with Crippen LogP contribution in [0.3, 0.4) is 0 Å². The number of methoxy groups -OCH3 is 1. The van der Waals surface area contributed by atoms with Gasteiger partial charge in [0.2, 0.25) is 5.91 Å². The highest BCUT2D eigenvalue weighted by Crippen LogP contribution is 2.13. The van der Waals surface area contributed by atoms with Crippen LogP contribution in [0.25, 0.3) is 0 Å². The minimum Gasteiger partial charge on any atom is -0.497 e. The van der Waals surface area contributed by atoms with Gasteiger partial charge in [-0.3, -0.25) is 4.79 Å². The predicted molar refractivity (Wildman–Crippen MR) is 94.3 cm³/mol. The number of alkyl carbamates (subject to hydrolysis) is 1. The molecule has 132 valence electrons. The van der Waals surface area contributed by atoms with Crippen LogP contribution in [0.2, 0.25) is 0 Å². The van der Waals surface area contributed by atoms with Gasteiger partial charge in [-0.25, -0.2) is 4.79 Å². The van der Waals surface area contributed by atoms with E-state index in [1.165, 1.54) is 7.05 Å².